The molecule has 0 saturated carbocycles. The third-order valence-corrected chi connectivity index (χ3v) is 3.87. The van der Waals surface area contributed by atoms with Crippen molar-refractivity contribution in [3.05, 3.63) is 64.1 Å². The Kier molecular flexibility index (Phi) is 7.25. The zero-order valence-corrected chi connectivity index (χ0v) is 15.6. The number of carbonyl (C=O) groups excluding carboxylic acids is 1. The summed E-state index contributed by atoms with van der Waals surface area (Å²) < 4.78 is 0. The van der Waals surface area contributed by atoms with Crippen molar-refractivity contribution >= 4 is 40.6 Å². The Bertz CT molecular complexity index is 728. The molecule has 0 aromatic heterocycles. The molecule has 0 atom stereocenters. The van der Waals surface area contributed by atoms with Gasteiger partial charge in [-0.2, -0.15) is 5.10 Å². The molecule has 2 amide bonds. The Morgan fingerprint density at radius 2 is 1.56 bits per heavy atom. The lowest BCUT2D eigenvalue weighted by atomic mass is 10.1. The summed E-state index contributed by atoms with van der Waals surface area (Å²) in [6.45, 7) is 0.807. The highest BCUT2D eigenvalue weighted by molar-refractivity contribution is 6.31. The molecule has 0 heterocycles. The van der Waals surface area contributed by atoms with Crippen molar-refractivity contribution in [3.63, 3.8) is 0 Å². The third-order valence-electron chi connectivity index (χ3n) is 3.37. The van der Waals surface area contributed by atoms with Crippen LogP contribution in [0.1, 0.15) is 12.0 Å². The highest BCUT2D eigenvalue weighted by atomic mass is 35.5. The van der Waals surface area contributed by atoms with Gasteiger partial charge < -0.3 is 10.2 Å². The number of halogens is 2. The van der Waals surface area contributed by atoms with Crippen molar-refractivity contribution in [1.29, 1.82) is 0 Å². The number of nitrogens with one attached hydrogen (secondary N) is 2. The molecule has 0 fully saturated rings. The van der Waals surface area contributed by atoms with E-state index in [1.54, 1.807) is 36.4 Å². The first-order valence-electron chi connectivity index (χ1n) is 7.74. The predicted octanol–water partition coefficient (Wildman–Crippen LogP) is 4.47. The molecule has 132 valence electrons. The van der Waals surface area contributed by atoms with Crippen molar-refractivity contribution in [1.82, 2.24) is 10.3 Å². The van der Waals surface area contributed by atoms with E-state index in [1.807, 2.05) is 26.2 Å². The third kappa shape index (κ3) is 6.74. The summed E-state index contributed by atoms with van der Waals surface area (Å²) in [6, 6.07) is 13.8. The Labute approximate surface area is 157 Å². The minimum absolute atomic E-state index is 0.418. The highest BCUT2D eigenvalue weighted by Crippen LogP contribution is 2.14. The maximum atomic E-state index is 12.0. The summed E-state index contributed by atoms with van der Waals surface area (Å²) in [6.07, 6.45) is 0.690. The van der Waals surface area contributed by atoms with E-state index in [2.05, 4.69) is 20.7 Å². The number of hydrogen-bond donors (Lipinski definition) is 2. The lowest BCUT2D eigenvalue weighted by Crippen LogP contribution is -2.26. The predicted molar refractivity (Wildman–Crippen MR) is 105 cm³/mol. The second-order valence-corrected chi connectivity index (χ2v) is 6.56. The van der Waals surface area contributed by atoms with Gasteiger partial charge in [0.05, 0.1) is 5.71 Å². The molecule has 7 heteroatoms. The zero-order valence-electron chi connectivity index (χ0n) is 14.1. The van der Waals surface area contributed by atoms with Gasteiger partial charge in [0.15, 0.2) is 0 Å². The Morgan fingerprint density at radius 3 is 2.12 bits per heavy atom. The van der Waals surface area contributed by atoms with Gasteiger partial charge in [-0.25, -0.2) is 10.2 Å². The van der Waals surface area contributed by atoms with E-state index in [0.717, 1.165) is 17.8 Å². The summed E-state index contributed by atoms with van der Waals surface area (Å²) >= 11 is 11.8. The molecule has 5 nitrogen and oxygen atoms in total. The van der Waals surface area contributed by atoms with Gasteiger partial charge in [0.1, 0.15) is 0 Å². The maximum absolute atomic E-state index is 12.0. The van der Waals surface area contributed by atoms with Crippen LogP contribution in [0.15, 0.2) is 53.6 Å². The average Bonchev–Trinajstić information content (AvgIpc) is 2.58. The fraction of sp³-hybridized carbons (Fsp3) is 0.222. The summed E-state index contributed by atoms with van der Waals surface area (Å²) in [5.74, 6) is 0. The van der Waals surface area contributed by atoms with Crippen LogP contribution in [0.5, 0.6) is 0 Å². The topological polar surface area (TPSA) is 56.7 Å². The normalized spacial score (nSPS) is 11.5. The average molecular weight is 379 g/mol. The molecular formula is C18H20Cl2N4O. The van der Waals surface area contributed by atoms with Crippen LogP contribution >= 0.6 is 23.2 Å². The van der Waals surface area contributed by atoms with E-state index >= 15 is 0 Å². The monoisotopic (exact) mass is 378 g/mol. The Morgan fingerprint density at radius 1 is 1.00 bits per heavy atom. The van der Waals surface area contributed by atoms with E-state index in [-0.39, 0.29) is 0 Å². The van der Waals surface area contributed by atoms with E-state index in [4.69, 9.17) is 23.2 Å². The van der Waals surface area contributed by atoms with Gasteiger partial charge in [-0.15, -0.1) is 0 Å². The molecule has 0 bridgehead atoms. The fourth-order valence-corrected chi connectivity index (χ4v) is 2.30. The number of rotatable bonds is 6. The van der Waals surface area contributed by atoms with Gasteiger partial charge in [0.2, 0.25) is 0 Å². The van der Waals surface area contributed by atoms with Crippen molar-refractivity contribution in [2.75, 3.05) is 26.0 Å². The van der Waals surface area contributed by atoms with Gasteiger partial charge >= 0.3 is 6.03 Å². The number of nitrogens with zero attached hydrogens (tertiary/aromatic N) is 2. The van der Waals surface area contributed by atoms with Crippen molar-refractivity contribution < 1.29 is 4.79 Å². The molecule has 0 aliphatic carbocycles. The van der Waals surface area contributed by atoms with E-state index in [1.165, 1.54) is 0 Å². The van der Waals surface area contributed by atoms with Gasteiger partial charge in [0.25, 0.3) is 0 Å². The van der Waals surface area contributed by atoms with E-state index in [9.17, 15) is 4.79 Å². The first-order chi connectivity index (χ1) is 11.9. The van der Waals surface area contributed by atoms with Crippen LogP contribution in [0.2, 0.25) is 10.0 Å². The van der Waals surface area contributed by atoms with Gasteiger partial charge in [-0.05, 0) is 56.1 Å². The fourth-order valence-electron chi connectivity index (χ4n) is 2.05. The van der Waals surface area contributed by atoms with Gasteiger partial charge in [0, 0.05) is 28.7 Å². The summed E-state index contributed by atoms with van der Waals surface area (Å²) in [5.41, 5.74) is 4.86. The summed E-state index contributed by atoms with van der Waals surface area (Å²) in [7, 11) is 3.97. The number of urea groups is 1. The smallest absolute Gasteiger partial charge is 0.309 e. The van der Waals surface area contributed by atoms with Crippen LogP contribution in [0, 0.1) is 0 Å². The minimum Gasteiger partial charge on any atom is -0.309 e. The van der Waals surface area contributed by atoms with Crippen LogP contribution in [0.4, 0.5) is 10.5 Å². The molecule has 2 aromatic carbocycles. The largest absolute Gasteiger partial charge is 0.339 e. The van der Waals surface area contributed by atoms with Crippen molar-refractivity contribution in [2.24, 2.45) is 5.10 Å². The molecule has 0 saturated heterocycles. The molecule has 0 spiro atoms. The quantitative estimate of drug-likeness (QED) is 0.575. The second kappa shape index (κ2) is 9.42. The summed E-state index contributed by atoms with van der Waals surface area (Å²) in [4.78, 5) is 14.1. The van der Waals surface area contributed by atoms with Crippen molar-refractivity contribution in [2.45, 2.75) is 6.42 Å². The molecule has 0 aliphatic rings. The SMILES string of the molecule is CN(C)CC/C(=N\NC(=O)Nc1ccc(Cl)cc1)c1ccc(Cl)cc1. The first kappa shape index (κ1) is 19.2. The van der Waals surface area contributed by atoms with Crippen LogP contribution < -0.4 is 10.7 Å². The van der Waals surface area contributed by atoms with Crippen LogP contribution in [0.3, 0.4) is 0 Å². The van der Waals surface area contributed by atoms with E-state index < -0.39 is 6.03 Å². The van der Waals surface area contributed by atoms with Crippen LogP contribution in [-0.4, -0.2) is 37.3 Å². The molecule has 2 rings (SSSR count). The number of hydrogen-bond acceptors (Lipinski definition) is 3. The summed E-state index contributed by atoms with van der Waals surface area (Å²) in [5, 5.41) is 8.24. The molecule has 25 heavy (non-hydrogen) atoms. The maximum Gasteiger partial charge on any atom is 0.339 e. The number of anilines is 1. The Hall–Kier alpha value is -2.08. The minimum atomic E-state index is -0.418. The molecule has 2 N–H and O–H groups in total. The molecule has 0 aliphatic heterocycles. The highest BCUT2D eigenvalue weighted by Gasteiger charge is 2.07. The molecule has 0 radical (unpaired) electrons. The van der Waals surface area contributed by atoms with E-state index in [0.29, 0.717) is 22.2 Å². The second-order valence-electron chi connectivity index (χ2n) is 5.69. The molecular weight excluding hydrogens is 359 g/mol. The van der Waals surface area contributed by atoms with Crippen LogP contribution in [-0.2, 0) is 0 Å². The number of amides is 2. The number of carbonyl (C=O) groups is 1. The number of hydrazone groups is 1. The molecule has 2 aromatic rings. The standard InChI is InChI=1S/C18H20Cl2N4O/c1-24(2)12-11-17(13-3-5-14(19)6-4-13)22-23-18(25)21-16-9-7-15(20)8-10-16/h3-10H,11-12H2,1-2H3,(H2,21,23,25)/b22-17+. The first-order valence-corrected chi connectivity index (χ1v) is 8.49. The lowest BCUT2D eigenvalue weighted by Gasteiger charge is -2.12. The van der Waals surface area contributed by atoms with Gasteiger partial charge in [-0.1, -0.05) is 35.3 Å². The lowest BCUT2D eigenvalue weighted by molar-refractivity contribution is 0.252. The number of benzene rings is 2. The van der Waals surface area contributed by atoms with Crippen molar-refractivity contribution in [3.8, 4) is 0 Å². The Balaban J connectivity index is 2.06. The van der Waals surface area contributed by atoms with Gasteiger partial charge in [-0.3, -0.25) is 0 Å². The molecule has 0 unspecified atom stereocenters. The zero-order chi connectivity index (χ0) is 18.2. The van der Waals surface area contributed by atoms with Crippen LogP contribution in [0.25, 0.3) is 0 Å².